The normalized spacial score (nSPS) is 24.5. The van der Waals surface area contributed by atoms with Crippen LogP contribution in [0, 0.1) is 5.82 Å². The summed E-state index contributed by atoms with van der Waals surface area (Å²) in [5.74, 6) is -0.438. The number of hydrogen-bond donors (Lipinski definition) is 1. The van der Waals surface area contributed by atoms with E-state index in [1.54, 1.807) is 43.3 Å². The van der Waals surface area contributed by atoms with Gasteiger partial charge in [0, 0.05) is 5.56 Å². The van der Waals surface area contributed by atoms with Crippen LogP contribution >= 0.6 is 11.6 Å². The van der Waals surface area contributed by atoms with E-state index in [4.69, 9.17) is 16.3 Å². The van der Waals surface area contributed by atoms with Gasteiger partial charge in [-0.05, 0) is 25.1 Å². The highest BCUT2D eigenvalue weighted by molar-refractivity contribution is 6.29. The molecule has 4 nitrogen and oxygen atoms in total. The second-order valence-electron chi connectivity index (χ2n) is 4.98. The first-order valence-corrected chi connectivity index (χ1v) is 6.75. The molecule has 2 aromatic rings. The molecule has 2 atom stereocenters. The van der Waals surface area contributed by atoms with E-state index in [9.17, 15) is 9.18 Å². The highest BCUT2D eigenvalue weighted by Crippen LogP contribution is 2.42. The van der Waals surface area contributed by atoms with Crippen molar-refractivity contribution in [1.82, 2.24) is 10.3 Å². The van der Waals surface area contributed by atoms with Crippen LogP contribution in [0.1, 0.15) is 24.3 Å². The van der Waals surface area contributed by atoms with Gasteiger partial charge in [-0.25, -0.2) is 14.2 Å². The van der Waals surface area contributed by atoms with Crippen molar-refractivity contribution in [3.63, 3.8) is 0 Å². The zero-order valence-corrected chi connectivity index (χ0v) is 11.9. The van der Waals surface area contributed by atoms with E-state index in [0.29, 0.717) is 16.4 Å². The van der Waals surface area contributed by atoms with E-state index in [1.165, 1.54) is 6.07 Å². The third kappa shape index (κ3) is 2.34. The molecule has 0 bridgehead atoms. The molecule has 1 amide bonds. The van der Waals surface area contributed by atoms with Gasteiger partial charge in [0.05, 0.1) is 5.69 Å². The molecule has 6 heteroatoms. The molecule has 0 aliphatic carbocycles. The van der Waals surface area contributed by atoms with Crippen molar-refractivity contribution in [2.45, 2.75) is 18.6 Å². The minimum absolute atomic E-state index is 0.292. The lowest BCUT2D eigenvalue weighted by Gasteiger charge is -2.28. The SMILES string of the molecule is CC1(c2cccc(Cl)n2)NC(=O)OC1c1ccccc1F. The van der Waals surface area contributed by atoms with Gasteiger partial charge >= 0.3 is 6.09 Å². The third-order valence-electron chi connectivity index (χ3n) is 3.55. The van der Waals surface area contributed by atoms with Gasteiger partial charge < -0.3 is 10.1 Å². The number of aromatic nitrogens is 1. The molecule has 2 unspecified atom stereocenters. The van der Waals surface area contributed by atoms with Crippen molar-refractivity contribution in [2.75, 3.05) is 0 Å². The second-order valence-corrected chi connectivity index (χ2v) is 5.37. The molecule has 1 aliphatic heterocycles. The number of carbonyl (C=O) groups is 1. The Bertz CT molecular complexity index is 710. The van der Waals surface area contributed by atoms with Crippen molar-refractivity contribution in [3.8, 4) is 0 Å². The molecule has 0 radical (unpaired) electrons. The van der Waals surface area contributed by atoms with Crippen LogP contribution in [-0.4, -0.2) is 11.1 Å². The van der Waals surface area contributed by atoms with Gasteiger partial charge in [-0.1, -0.05) is 35.9 Å². The number of carbonyl (C=O) groups excluding carboxylic acids is 1. The third-order valence-corrected chi connectivity index (χ3v) is 3.76. The fourth-order valence-corrected chi connectivity index (χ4v) is 2.65. The highest BCUT2D eigenvalue weighted by Gasteiger charge is 2.49. The van der Waals surface area contributed by atoms with Gasteiger partial charge in [0.2, 0.25) is 0 Å². The molecule has 2 heterocycles. The molecular weight excluding hydrogens is 295 g/mol. The molecule has 1 saturated heterocycles. The van der Waals surface area contributed by atoms with Crippen molar-refractivity contribution < 1.29 is 13.9 Å². The van der Waals surface area contributed by atoms with E-state index < -0.39 is 23.6 Å². The average molecular weight is 307 g/mol. The van der Waals surface area contributed by atoms with Crippen LogP contribution in [0.2, 0.25) is 5.15 Å². The maximum absolute atomic E-state index is 14.0. The van der Waals surface area contributed by atoms with Crippen LogP contribution in [0.25, 0.3) is 0 Å². The molecule has 1 fully saturated rings. The Hall–Kier alpha value is -2.14. The summed E-state index contributed by atoms with van der Waals surface area (Å²) in [5.41, 5.74) is -0.196. The lowest BCUT2D eigenvalue weighted by atomic mass is 9.86. The molecule has 0 spiro atoms. The van der Waals surface area contributed by atoms with Crippen molar-refractivity contribution in [1.29, 1.82) is 0 Å². The first-order valence-electron chi connectivity index (χ1n) is 6.37. The number of pyridine rings is 1. The first-order chi connectivity index (χ1) is 10.0. The zero-order valence-electron chi connectivity index (χ0n) is 11.1. The van der Waals surface area contributed by atoms with E-state index >= 15 is 0 Å². The summed E-state index contributed by atoms with van der Waals surface area (Å²) >= 11 is 5.91. The molecule has 3 rings (SSSR count). The van der Waals surface area contributed by atoms with Gasteiger partial charge in [-0.15, -0.1) is 0 Å². The molecule has 1 N–H and O–H groups in total. The van der Waals surface area contributed by atoms with Crippen LogP contribution in [0.15, 0.2) is 42.5 Å². The summed E-state index contributed by atoms with van der Waals surface area (Å²) in [6.07, 6.45) is -1.44. The quantitative estimate of drug-likeness (QED) is 0.863. The zero-order chi connectivity index (χ0) is 15.0. The smallest absolute Gasteiger partial charge is 0.408 e. The monoisotopic (exact) mass is 306 g/mol. The topological polar surface area (TPSA) is 51.2 Å². The van der Waals surface area contributed by atoms with Gasteiger partial charge in [-0.3, -0.25) is 0 Å². The average Bonchev–Trinajstić information content (AvgIpc) is 2.76. The minimum atomic E-state index is -0.996. The van der Waals surface area contributed by atoms with Gasteiger partial charge in [0.15, 0.2) is 6.10 Å². The van der Waals surface area contributed by atoms with Crippen LogP contribution in [0.4, 0.5) is 9.18 Å². The van der Waals surface area contributed by atoms with E-state index in [-0.39, 0.29) is 0 Å². The maximum atomic E-state index is 14.0. The Labute approximate surface area is 125 Å². The number of amides is 1. The number of benzene rings is 1. The first kappa shape index (κ1) is 13.8. The second kappa shape index (κ2) is 5.00. The fourth-order valence-electron chi connectivity index (χ4n) is 2.49. The number of ether oxygens (including phenoxy) is 1. The lowest BCUT2D eigenvalue weighted by Crippen LogP contribution is -2.40. The number of alkyl carbamates (subject to hydrolysis) is 1. The van der Waals surface area contributed by atoms with Gasteiger partial charge in [0.25, 0.3) is 0 Å². The molecule has 108 valence electrons. The van der Waals surface area contributed by atoms with Crippen LogP contribution < -0.4 is 5.32 Å². The Kier molecular flexibility index (Phi) is 3.29. The number of cyclic esters (lactones) is 1. The van der Waals surface area contributed by atoms with Crippen molar-refractivity contribution in [2.24, 2.45) is 0 Å². The number of hydrogen-bond acceptors (Lipinski definition) is 3. The van der Waals surface area contributed by atoms with Crippen LogP contribution in [0.3, 0.4) is 0 Å². The molecule has 21 heavy (non-hydrogen) atoms. The summed E-state index contributed by atoms with van der Waals surface area (Å²) in [6.45, 7) is 1.73. The predicted octanol–water partition coefficient (Wildman–Crippen LogP) is 3.57. The highest BCUT2D eigenvalue weighted by atomic mass is 35.5. The number of nitrogens with one attached hydrogen (secondary N) is 1. The van der Waals surface area contributed by atoms with Gasteiger partial charge in [-0.2, -0.15) is 0 Å². The number of nitrogens with zero attached hydrogens (tertiary/aromatic N) is 1. The molecule has 1 aromatic heterocycles. The number of halogens is 2. The van der Waals surface area contributed by atoms with E-state index in [2.05, 4.69) is 10.3 Å². The standard InChI is InChI=1S/C15H12ClFN2O2/c1-15(11-7-4-8-12(16)18-11)13(21-14(20)19-15)9-5-2-3-6-10(9)17/h2-8,13H,1H3,(H,19,20). The maximum Gasteiger partial charge on any atom is 0.408 e. The fraction of sp³-hybridized carbons (Fsp3) is 0.200. The van der Waals surface area contributed by atoms with Crippen molar-refractivity contribution in [3.05, 3.63) is 64.7 Å². The Morgan fingerprint density at radius 3 is 2.76 bits per heavy atom. The summed E-state index contributed by atoms with van der Waals surface area (Å²) in [4.78, 5) is 15.9. The van der Waals surface area contributed by atoms with E-state index in [0.717, 1.165) is 0 Å². The Morgan fingerprint density at radius 1 is 1.29 bits per heavy atom. The predicted molar refractivity (Wildman–Crippen MR) is 75.4 cm³/mol. The van der Waals surface area contributed by atoms with Gasteiger partial charge in [0.1, 0.15) is 16.5 Å². The minimum Gasteiger partial charge on any atom is -0.438 e. The summed E-state index contributed by atoms with van der Waals surface area (Å²) in [6, 6.07) is 11.3. The lowest BCUT2D eigenvalue weighted by molar-refractivity contribution is 0.109. The van der Waals surface area contributed by atoms with Crippen molar-refractivity contribution >= 4 is 17.7 Å². The van der Waals surface area contributed by atoms with Crippen LogP contribution in [0.5, 0.6) is 0 Å². The van der Waals surface area contributed by atoms with Crippen LogP contribution in [-0.2, 0) is 10.3 Å². The summed E-state index contributed by atoms with van der Waals surface area (Å²) in [7, 11) is 0. The molecule has 0 saturated carbocycles. The molecular formula is C15H12ClFN2O2. The summed E-state index contributed by atoms with van der Waals surface area (Å²) < 4.78 is 19.3. The molecule has 1 aliphatic rings. The molecule has 1 aromatic carbocycles. The summed E-state index contributed by atoms with van der Waals surface area (Å²) in [5, 5.41) is 2.99. The largest absolute Gasteiger partial charge is 0.438 e. The van der Waals surface area contributed by atoms with E-state index in [1.807, 2.05) is 0 Å². The Morgan fingerprint density at radius 2 is 2.05 bits per heavy atom. The number of rotatable bonds is 2. The Balaban J connectivity index is 2.11.